The van der Waals surface area contributed by atoms with E-state index in [1.54, 1.807) is 6.07 Å². The van der Waals surface area contributed by atoms with Crippen LogP contribution in [0.1, 0.15) is 33.3 Å². The predicted molar refractivity (Wildman–Crippen MR) is 124 cm³/mol. The molecule has 2 aromatic rings. The maximum Gasteiger partial charge on any atom is 0.225 e. The van der Waals surface area contributed by atoms with E-state index in [9.17, 15) is 9.18 Å². The van der Waals surface area contributed by atoms with Crippen molar-refractivity contribution in [1.29, 1.82) is 0 Å². The number of halogens is 2. The highest BCUT2D eigenvalue weighted by atomic mass is 127. The van der Waals surface area contributed by atoms with E-state index >= 15 is 0 Å². The van der Waals surface area contributed by atoms with E-state index in [0.717, 1.165) is 29.4 Å². The van der Waals surface area contributed by atoms with Gasteiger partial charge in [-0.05, 0) is 37.1 Å². The van der Waals surface area contributed by atoms with Crippen LogP contribution in [0.4, 0.5) is 4.39 Å². The second-order valence-electron chi connectivity index (χ2n) is 7.45. The van der Waals surface area contributed by atoms with Crippen molar-refractivity contribution in [1.82, 2.24) is 20.9 Å². The van der Waals surface area contributed by atoms with Gasteiger partial charge in [0.25, 0.3) is 0 Å². The molecule has 0 radical (unpaired) electrons. The molecular weight excluding hydrogens is 472 g/mol. The van der Waals surface area contributed by atoms with E-state index in [1.807, 2.05) is 33.9 Å². The molecule has 0 saturated heterocycles. The molecule has 0 fully saturated rings. The molecule has 1 amide bonds. The molecule has 1 aromatic carbocycles. The summed E-state index contributed by atoms with van der Waals surface area (Å²) in [7, 11) is 0. The summed E-state index contributed by atoms with van der Waals surface area (Å²) >= 11 is 0. The maximum absolute atomic E-state index is 13.3. The zero-order valence-electron chi connectivity index (χ0n) is 17.0. The van der Waals surface area contributed by atoms with Crippen molar-refractivity contribution in [2.45, 2.75) is 34.1 Å². The molecule has 8 heteroatoms. The van der Waals surface area contributed by atoms with Gasteiger partial charge in [0.15, 0.2) is 5.96 Å². The minimum Gasteiger partial charge on any atom is -0.361 e. The van der Waals surface area contributed by atoms with Gasteiger partial charge in [-0.15, -0.1) is 24.0 Å². The van der Waals surface area contributed by atoms with Crippen LogP contribution in [0, 0.1) is 11.2 Å². The number of H-pyrrole nitrogens is 1. The highest BCUT2D eigenvalue weighted by molar-refractivity contribution is 14.0. The molecule has 28 heavy (non-hydrogen) atoms. The lowest BCUT2D eigenvalue weighted by atomic mass is 9.96. The quantitative estimate of drug-likeness (QED) is 0.203. The first kappa shape index (κ1) is 24.2. The van der Waals surface area contributed by atoms with Crippen molar-refractivity contribution >= 4 is 46.7 Å². The Bertz CT molecular complexity index is 797. The number of fused-ring (bicyclic) bond motifs is 1. The highest BCUT2D eigenvalue weighted by Gasteiger charge is 2.20. The highest BCUT2D eigenvalue weighted by Crippen LogP contribution is 2.19. The minimum absolute atomic E-state index is 0. The van der Waals surface area contributed by atoms with Crippen LogP contribution in [0.2, 0.25) is 0 Å². The van der Waals surface area contributed by atoms with Crippen LogP contribution >= 0.6 is 24.0 Å². The average Bonchev–Trinajstić information content (AvgIpc) is 2.99. The zero-order valence-corrected chi connectivity index (χ0v) is 19.3. The lowest BCUT2D eigenvalue weighted by Gasteiger charge is -2.18. The van der Waals surface area contributed by atoms with Gasteiger partial charge in [-0.25, -0.2) is 4.39 Å². The Morgan fingerprint density at radius 2 is 1.89 bits per heavy atom. The van der Waals surface area contributed by atoms with E-state index in [2.05, 4.69) is 25.9 Å². The number of aromatic amines is 1. The predicted octanol–water partition coefficient (Wildman–Crippen LogP) is 3.18. The van der Waals surface area contributed by atoms with Crippen LogP contribution in [-0.4, -0.2) is 43.0 Å². The fraction of sp³-hybridized carbons (Fsp3) is 0.500. The summed E-state index contributed by atoms with van der Waals surface area (Å²) in [5.41, 5.74) is 1.52. The monoisotopic (exact) mass is 503 g/mol. The van der Waals surface area contributed by atoms with Crippen LogP contribution in [0.25, 0.3) is 10.9 Å². The van der Waals surface area contributed by atoms with E-state index < -0.39 is 0 Å². The van der Waals surface area contributed by atoms with Crippen LogP contribution < -0.4 is 16.0 Å². The van der Waals surface area contributed by atoms with Gasteiger partial charge in [0.1, 0.15) is 5.82 Å². The summed E-state index contributed by atoms with van der Waals surface area (Å²) in [5, 5.41) is 10.3. The summed E-state index contributed by atoms with van der Waals surface area (Å²) < 4.78 is 13.3. The van der Waals surface area contributed by atoms with Gasteiger partial charge in [-0.1, -0.05) is 20.8 Å². The molecular formula is C20H31FIN5O. The molecule has 2 rings (SSSR count). The van der Waals surface area contributed by atoms with Crippen LogP contribution in [0.3, 0.4) is 0 Å². The fourth-order valence-corrected chi connectivity index (χ4v) is 2.62. The molecule has 0 aliphatic rings. The molecule has 0 unspecified atom stereocenters. The Kier molecular flexibility index (Phi) is 9.71. The summed E-state index contributed by atoms with van der Waals surface area (Å²) in [6.07, 6.45) is 2.66. The molecule has 156 valence electrons. The molecule has 1 heterocycles. The van der Waals surface area contributed by atoms with Gasteiger partial charge in [0.05, 0.1) is 0 Å². The van der Waals surface area contributed by atoms with Crippen molar-refractivity contribution in [2.75, 3.05) is 26.2 Å². The summed E-state index contributed by atoms with van der Waals surface area (Å²) in [6.45, 7) is 10.2. The molecule has 0 atom stereocenters. The number of rotatable bonds is 7. The first-order valence-electron chi connectivity index (χ1n) is 9.37. The summed E-state index contributed by atoms with van der Waals surface area (Å²) in [6, 6.07) is 4.77. The lowest BCUT2D eigenvalue weighted by molar-refractivity contribution is -0.128. The first-order chi connectivity index (χ1) is 12.8. The Morgan fingerprint density at radius 3 is 2.57 bits per heavy atom. The number of benzene rings is 1. The van der Waals surface area contributed by atoms with Gasteiger partial charge in [0.2, 0.25) is 5.91 Å². The Labute approximate surface area is 183 Å². The number of carbonyl (C=O) groups is 1. The number of hydrogen-bond acceptors (Lipinski definition) is 2. The van der Waals surface area contributed by atoms with Gasteiger partial charge in [-0.2, -0.15) is 0 Å². The largest absolute Gasteiger partial charge is 0.361 e. The van der Waals surface area contributed by atoms with Crippen molar-refractivity contribution in [3.8, 4) is 0 Å². The van der Waals surface area contributed by atoms with Crippen molar-refractivity contribution in [3.63, 3.8) is 0 Å². The lowest BCUT2D eigenvalue weighted by Crippen LogP contribution is -2.43. The Morgan fingerprint density at radius 1 is 1.18 bits per heavy atom. The van der Waals surface area contributed by atoms with Gasteiger partial charge >= 0.3 is 0 Å². The van der Waals surface area contributed by atoms with E-state index in [0.29, 0.717) is 25.6 Å². The third-order valence-corrected chi connectivity index (χ3v) is 4.11. The molecule has 0 bridgehead atoms. The molecule has 0 saturated carbocycles. The molecule has 0 spiro atoms. The minimum atomic E-state index is -0.388. The number of nitrogens with one attached hydrogen (secondary N) is 4. The first-order valence-corrected chi connectivity index (χ1v) is 9.37. The third kappa shape index (κ3) is 7.29. The molecule has 0 aliphatic carbocycles. The Hall–Kier alpha value is -1.84. The number of amides is 1. The van der Waals surface area contributed by atoms with E-state index in [-0.39, 0.29) is 41.1 Å². The number of aromatic nitrogens is 1. The summed E-state index contributed by atoms with van der Waals surface area (Å²) in [4.78, 5) is 19.5. The average molecular weight is 503 g/mol. The second-order valence-corrected chi connectivity index (χ2v) is 7.45. The Balaban J connectivity index is 0.00000392. The number of hydrogen-bond donors (Lipinski definition) is 4. The van der Waals surface area contributed by atoms with Gasteiger partial charge in [-0.3, -0.25) is 9.79 Å². The maximum atomic E-state index is 13.3. The topological polar surface area (TPSA) is 81.3 Å². The van der Waals surface area contributed by atoms with E-state index in [4.69, 9.17) is 0 Å². The van der Waals surface area contributed by atoms with Crippen molar-refractivity contribution in [3.05, 3.63) is 35.8 Å². The number of nitrogens with zero attached hydrogens (tertiary/aromatic N) is 1. The van der Waals surface area contributed by atoms with Gasteiger partial charge in [0, 0.05) is 48.7 Å². The number of guanidine groups is 1. The zero-order chi connectivity index (χ0) is 19.9. The second kappa shape index (κ2) is 11.2. The van der Waals surface area contributed by atoms with Crippen LogP contribution in [0.15, 0.2) is 29.4 Å². The molecule has 6 nitrogen and oxygen atoms in total. The molecule has 1 aromatic heterocycles. The fourth-order valence-electron chi connectivity index (χ4n) is 2.62. The number of carbonyl (C=O) groups excluding carboxylic acids is 1. The molecule has 4 N–H and O–H groups in total. The molecule has 0 aliphatic heterocycles. The van der Waals surface area contributed by atoms with Crippen molar-refractivity contribution < 1.29 is 9.18 Å². The van der Waals surface area contributed by atoms with Crippen LogP contribution in [0.5, 0.6) is 0 Å². The van der Waals surface area contributed by atoms with E-state index in [1.165, 1.54) is 12.1 Å². The summed E-state index contributed by atoms with van der Waals surface area (Å²) in [5.74, 6) is 0.501. The number of aliphatic imine (C=N–C) groups is 1. The third-order valence-electron chi connectivity index (χ3n) is 4.11. The van der Waals surface area contributed by atoms with Crippen molar-refractivity contribution in [2.24, 2.45) is 10.4 Å². The standard InChI is InChI=1S/C20H30FN5O.HI/c1-5-22-19(25-11-10-23-18(27)20(2,3)4)24-9-8-14-13-26-17-12-15(21)6-7-16(14)17;/h6-7,12-13,26H,5,8-11H2,1-4H3,(H,23,27)(H2,22,24,25);1H. The normalized spacial score (nSPS) is 11.8. The van der Waals surface area contributed by atoms with Gasteiger partial charge < -0.3 is 20.9 Å². The van der Waals surface area contributed by atoms with Crippen LogP contribution in [-0.2, 0) is 11.2 Å². The smallest absolute Gasteiger partial charge is 0.225 e. The SMILES string of the molecule is CCNC(=NCCc1c[nH]c2cc(F)ccc12)NCCNC(=O)C(C)(C)C.I.